The van der Waals surface area contributed by atoms with Gasteiger partial charge in [-0.1, -0.05) is 60.7 Å². The van der Waals surface area contributed by atoms with Gasteiger partial charge in [0.05, 0.1) is 6.61 Å². The van der Waals surface area contributed by atoms with E-state index in [9.17, 15) is 9.59 Å². The zero-order valence-electron chi connectivity index (χ0n) is 22.5. The smallest absolute Gasteiger partial charge is 0.408 e. The van der Waals surface area contributed by atoms with Gasteiger partial charge in [-0.2, -0.15) is 0 Å². The third-order valence-electron chi connectivity index (χ3n) is 6.75. The third kappa shape index (κ3) is 6.77. The molecular weight excluding hydrogens is 506 g/mol. The van der Waals surface area contributed by atoms with Crippen LogP contribution in [0.2, 0.25) is 0 Å². The number of ether oxygens (including phenoxy) is 7. The van der Waals surface area contributed by atoms with Crippen LogP contribution in [-0.4, -0.2) is 67.0 Å². The van der Waals surface area contributed by atoms with E-state index in [-0.39, 0.29) is 19.6 Å². The van der Waals surface area contributed by atoms with Gasteiger partial charge in [0.1, 0.15) is 24.9 Å². The largest absolute Gasteiger partial charge is 0.455 e. The molecule has 2 aromatic carbocycles. The molecule has 10 nitrogen and oxygen atoms in total. The zero-order valence-corrected chi connectivity index (χ0v) is 22.5. The van der Waals surface area contributed by atoms with Crippen molar-refractivity contribution in [1.29, 1.82) is 0 Å². The van der Waals surface area contributed by atoms with E-state index < -0.39 is 60.4 Å². The Hall–Kier alpha value is -3.02. The van der Waals surface area contributed by atoms with Gasteiger partial charge >= 0.3 is 12.1 Å². The van der Waals surface area contributed by atoms with Crippen LogP contribution in [-0.2, 0) is 51.0 Å². The maximum absolute atomic E-state index is 13.6. The van der Waals surface area contributed by atoms with E-state index in [0.29, 0.717) is 0 Å². The average Bonchev–Trinajstić information content (AvgIpc) is 3.52. The lowest BCUT2D eigenvalue weighted by molar-refractivity contribution is -0.235. The number of rotatable bonds is 8. The highest BCUT2D eigenvalue weighted by Gasteiger charge is 2.60. The number of fused-ring (bicyclic) bond motifs is 1. The Kier molecular flexibility index (Phi) is 7.93. The first-order valence-corrected chi connectivity index (χ1v) is 13.1. The SMILES string of the molecule is CC1(C)O[C@@H]2O[C@H]([C@@H]3COC(C)(C)O3)[C@H](OC(=O)[C@@H](Cc3ccccc3)NC(=O)OCc3ccccc3)[C@H]2O1. The van der Waals surface area contributed by atoms with Gasteiger partial charge in [0.2, 0.25) is 0 Å². The normalized spacial score (nSPS) is 29.4. The summed E-state index contributed by atoms with van der Waals surface area (Å²) in [4.78, 5) is 26.4. The minimum absolute atomic E-state index is 0.0666. The molecule has 210 valence electrons. The molecule has 3 heterocycles. The molecular formula is C29H35NO9. The van der Waals surface area contributed by atoms with Crippen LogP contribution in [0.25, 0.3) is 0 Å². The van der Waals surface area contributed by atoms with Crippen LogP contribution in [0.15, 0.2) is 60.7 Å². The van der Waals surface area contributed by atoms with Crippen LogP contribution in [0.4, 0.5) is 4.79 Å². The lowest BCUT2D eigenvalue weighted by Gasteiger charge is -2.30. The van der Waals surface area contributed by atoms with Crippen LogP contribution in [0.5, 0.6) is 0 Å². The van der Waals surface area contributed by atoms with Gasteiger partial charge in [-0.3, -0.25) is 0 Å². The molecule has 1 N–H and O–H groups in total. The molecule has 3 aliphatic heterocycles. The van der Waals surface area contributed by atoms with Gasteiger partial charge in [0.15, 0.2) is 30.1 Å². The molecule has 0 aliphatic carbocycles. The molecule has 3 saturated heterocycles. The van der Waals surface area contributed by atoms with Crippen molar-refractivity contribution in [3.05, 3.63) is 71.8 Å². The van der Waals surface area contributed by atoms with Crippen molar-refractivity contribution in [3.8, 4) is 0 Å². The first kappa shape index (κ1) is 27.5. The van der Waals surface area contributed by atoms with Gasteiger partial charge in [-0.05, 0) is 38.8 Å². The van der Waals surface area contributed by atoms with Crippen molar-refractivity contribution in [2.24, 2.45) is 0 Å². The van der Waals surface area contributed by atoms with Crippen molar-refractivity contribution < 1.29 is 42.7 Å². The summed E-state index contributed by atoms with van der Waals surface area (Å²) in [5.74, 6) is -2.37. The highest BCUT2D eigenvalue weighted by Crippen LogP contribution is 2.42. The summed E-state index contributed by atoms with van der Waals surface area (Å²) in [6, 6.07) is 17.6. The van der Waals surface area contributed by atoms with Crippen LogP contribution in [0.1, 0.15) is 38.8 Å². The minimum Gasteiger partial charge on any atom is -0.455 e. The molecule has 0 unspecified atom stereocenters. The Morgan fingerprint density at radius 3 is 2.21 bits per heavy atom. The number of esters is 1. The quantitative estimate of drug-likeness (QED) is 0.502. The minimum atomic E-state index is -1.03. The summed E-state index contributed by atoms with van der Waals surface area (Å²) in [5, 5.41) is 2.68. The molecule has 0 saturated carbocycles. The number of hydrogen-bond donors (Lipinski definition) is 1. The molecule has 6 atom stereocenters. The monoisotopic (exact) mass is 541 g/mol. The zero-order chi connectivity index (χ0) is 27.6. The topological polar surface area (TPSA) is 111 Å². The summed E-state index contributed by atoms with van der Waals surface area (Å²) in [5.41, 5.74) is 1.67. The summed E-state index contributed by atoms with van der Waals surface area (Å²) in [7, 11) is 0. The molecule has 39 heavy (non-hydrogen) atoms. The predicted molar refractivity (Wildman–Crippen MR) is 137 cm³/mol. The van der Waals surface area contributed by atoms with Gasteiger partial charge in [-0.15, -0.1) is 0 Å². The molecule has 3 aliphatic rings. The van der Waals surface area contributed by atoms with Crippen LogP contribution in [0, 0.1) is 0 Å². The summed E-state index contributed by atoms with van der Waals surface area (Å²) in [6.07, 6.45) is -4.00. The second-order valence-corrected chi connectivity index (χ2v) is 10.8. The van der Waals surface area contributed by atoms with Crippen LogP contribution >= 0.6 is 0 Å². The van der Waals surface area contributed by atoms with Gasteiger partial charge in [-0.25, -0.2) is 9.59 Å². The van der Waals surface area contributed by atoms with Crippen LogP contribution in [0.3, 0.4) is 0 Å². The van der Waals surface area contributed by atoms with Gasteiger partial charge in [0.25, 0.3) is 0 Å². The number of carbonyl (C=O) groups is 2. The Morgan fingerprint density at radius 1 is 0.897 bits per heavy atom. The second kappa shape index (κ2) is 11.2. The summed E-state index contributed by atoms with van der Waals surface area (Å²) in [6.45, 7) is 7.47. The number of hydrogen-bond acceptors (Lipinski definition) is 9. The lowest BCUT2D eigenvalue weighted by Crippen LogP contribution is -2.50. The third-order valence-corrected chi connectivity index (χ3v) is 6.75. The first-order valence-electron chi connectivity index (χ1n) is 13.1. The van der Waals surface area contributed by atoms with E-state index in [4.69, 9.17) is 33.2 Å². The predicted octanol–water partition coefficient (Wildman–Crippen LogP) is 3.46. The van der Waals surface area contributed by atoms with E-state index in [2.05, 4.69) is 5.32 Å². The van der Waals surface area contributed by atoms with Crippen molar-refractivity contribution in [1.82, 2.24) is 5.32 Å². The molecule has 0 aromatic heterocycles. The van der Waals surface area contributed by atoms with Gasteiger partial charge in [0, 0.05) is 6.42 Å². The fraction of sp³-hybridized carbons (Fsp3) is 0.517. The van der Waals surface area contributed by atoms with E-state index in [1.165, 1.54) is 0 Å². The number of carbonyl (C=O) groups excluding carboxylic acids is 2. The highest BCUT2D eigenvalue weighted by molar-refractivity contribution is 5.82. The Morgan fingerprint density at radius 2 is 1.56 bits per heavy atom. The summed E-state index contributed by atoms with van der Waals surface area (Å²) < 4.78 is 41.3. The molecule has 3 fully saturated rings. The fourth-order valence-corrected chi connectivity index (χ4v) is 4.98. The average molecular weight is 542 g/mol. The maximum Gasteiger partial charge on any atom is 0.408 e. The highest BCUT2D eigenvalue weighted by atomic mass is 16.8. The van der Waals surface area contributed by atoms with Crippen molar-refractivity contribution in [3.63, 3.8) is 0 Å². The van der Waals surface area contributed by atoms with Crippen molar-refractivity contribution in [2.45, 2.75) is 89.0 Å². The molecule has 10 heteroatoms. The Labute approximate surface area is 227 Å². The molecule has 0 spiro atoms. The second-order valence-electron chi connectivity index (χ2n) is 10.8. The van der Waals surface area contributed by atoms with Gasteiger partial charge < -0.3 is 38.5 Å². The number of benzene rings is 2. The van der Waals surface area contributed by atoms with Crippen molar-refractivity contribution in [2.75, 3.05) is 6.61 Å². The number of nitrogens with one attached hydrogen (secondary N) is 1. The van der Waals surface area contributed by atoms with Crippen LogP contribution < -0.4 is 5.32 Å². The maximum atomic E-state index is 13.6. The molecule has 5 rings (SSSR count). The first-order chi connectivity index (χ1) is 18.6. The Bertz CT molecular complexity index is 1140. The summed E-state index contributed by atoms with van der Waals surface area (Å²) >= 11 is 0. The number of amides is 1. The standard InChI is InChI=1S/C29H35NO9/c1-28(2)34-17-21(37-28)22-23(24-26(36-22)39-29(3,4)38-24)35-25(31)20(15-18-11-7-5-8-12-18)30-27(32)33-16-19-13-9-6-10-14-19/h5-14,20-24,26H,15-17H2,1-4H3,(H,30,32)/t20-,21+,22-,23+,24-,26+/m1/s1. The van der Waals surface area contributed by atoms with E-state index >= 15 is 0 Å². The van der Waals surface area contributed by atoms with E-state index in [1.54, 1.807) is 27.7 Å². The Balaban J connectivity index is 1.31. The molecule has 2 aromatic rings. The van der Waals surface area contributed by atoms with E-state index in [1.807, 2.05) is 60.7 Å². The molecule has 0 bridgehead atoms. The van der Waals surface area contributed by atoms with E-state index in [0.717, 1.165) is 11.1 Å². The molecule has 0 radical (unpaired) electrons. The van der Waals surface area contributed by atoms with Crippen molar-refractivity contribution >= 4 is 12.1 Å². The lowest BCUT2D eigenvalue weighted by atomic mass is 10.0. The molecule has 1 amide bonds. The fourth-order valence-electron chi connectivity index (χ4n) is 4.98. The number of alkyl carbamates (subject to hydrolysis) is 1.